The molecule has 27 heavy (non-hydrogen) atoms. The summed E-state index contributed by atoms with van der Waals surface area (Å²) in [5.41, 5.74) is 3.56. The molecule has 0 aromatic heterocycles. The summed E-state index contributed by atoms with van der Waals surface area (Å²) in [7, 11) is 0. The average molecular weight is 365 g/mol. The first-order valence-corrected chi connectivity index (χ1v) is 9.55. The van der Waals surface area contributed by atoms with Crippen LogP contribution in [0, 0.1) is 10.1 Å². The van der Waals surface area contributed by atoms with E-state index in [-0.39, 0.29) is 17.6 Å². The Labute approximate surface area is 158 Å². The van der Waals surface area contributed by atoms with Crippen molar-refractivity contribution in [2.24, 2.45) is 0 Å². The Kier molecular flexibility index (Phi) is 4.79. The molecule has 1 aliphatic carbocycles. The van der Waals surface area contributed by atoms with Crippen LogP contribution in [0.25, 0.3) is 0 Å². The average Bonchev–Trinajstić information content (AvgIpc) is 3.11. The number of carbonyl (C=O) groups is 1. The SMILES string of the molecule is O=C(NC1CCc2ccccc21)c1cc([N+](=O)[O-])ccc1N1CCCCC1. The van der Waals surface area contributed by atoms with Crippen molar-refractivity contribution in [1.29, 1.82) is 0 Å². The van der Waals surface area contributed by atoms with Crippen LogP contribution in [0.1, 0.15) is 53.2 Å². The molecule has 2 aromatic carbocycles. The number of nitrogens with one attached hydrogen (secondary N) is 1. The van der Waals surface area contributed by atoms with Gasteiger partial charge < -0.3 is 10.2 Å². The Balaban J connectivity index is 1.63. The van der Waals surface area contributed by atoms with E-state index in [0.29, 0.717) is 5.56 Å². The topological polar surface area (TPSA) is 75.5 Å². The lowest BCUT2D eigenvalue weighted by Gasteiger charge is -2.30. The van der Waals surface area contributed by atoms with Crippen LogP contribution in [0.15, 0.2) is 42.5 Å². The molecule has 1 N–H and O–H groups in total. The third-order valence-corrected chi connectivity index (χ3v) is 5.57. The molecule has 0 radical (unpaired) electrons. The van der Waals surface area contributed by atoms with E-state index in [9.17, 15) is 14.9 Å². The summed E-state index contributed by atoms with van der Waals surface area (Å²) in [6, 6.07) is 12.7. The highest BCUT2D eigenvalue weighted by Gasteiger charge is 2.27. The molecule has 6 heteroatoms. The molecular formula is C21H23N3O3. The highest BCUT2D eigenvalue weighted by Crippen LogP contribution is 2.33. The van der Waals surface area contributed by atoms with Crippen molar-refractivity contribution in [3.63, 3.8) is 0 Å². The Morgan fingerprint density at radius 3 is 2.67 bits per heavy atom. The molecule has 1 unspecified atom stereocenters. The lowest BCUT2D eigenvalue weighted by Crippen LogP contribution is -2.33. The van der Waals surface area contributed by atoms with Gasteiger partial charge in [-0.2, -0.15) is 0 Å². The minimum atomic E-state index is -0.443. The summed E-state index contributed by atoms with van der Waals surface area (Å²) in [4.78, 5) is 26.0. The molecular weight excluding hydrogens is 342 g/mol. The van der Waals surface area contributed by atoms with E-state index in [0.717, 1.165) is 50.0 Å². The van der Waals surface area contributed by atoms with E-state index >= 15 is 0 Å². The van der Waals surface area contributed by atoms with Gasteiger partial charge >= 0.3 is 0 Å². The molecule has 0 saturated carbocycles. The zero-order valence-corrected chi connectivity index (χ0v) is 15.2. The molecule has 0 bridgehead atoms. The lowest BCUT2D eigenvalue weighted by molar-refractivity contribution is -0.384. The van der Waals surface area contributed by atoms with E-state index in [2.05, 4.69) is 16.3 Å². The molecule has 1 fully saturated rings. The number of anilines is 1. The smallest absolute Gasteiger partial charge is 0.270 e. The number of nitro benzene ring substituents is 1. The van der Waals surface area contributed by atoms with Gasteiger partial charge in [0.25, 0.3) is 11.6 Å². The maximum Gasteiger partial charge on any atom is 0.270 e. The van der Waals surface area contributed by atoms with Crippen LogP contribution < -0.4 is 10.2 Å². The second kappa shape index (κ2) is 7.39. The molecule has 1 saturated heterocycles. The second-order valence-corrected chi connectivity index (χ2v) is 7.27. The number of non-ortho nitro benzene ring substituents is 1. The van der Waals surface area contributed by atoms with Crippen molar-refractivity contribution in [3.05, 3.63) is 69.3 Å². The molecule has 1 amide bonds. The first-order chi connectivity index (χ1) is 13.1. The normalized spacial score (nSPS) is 18.8. The maximum atomic E-state index is 13.1. The third-order valence-electron chi connectivity index (χ3n) is 5.57. The number of rotatable bonds is 4. The maximum absolute atomic E-state index is 13.1. The van der Waals surface area contributed by atoms with Gasteiger partial charge in [-0.05, 0) is 49.3 Å². The fourth-order valence-corrected chi connectivity index (χ4v) is 4.17. The zero-order chi connectivity index (χ0) is 18.8. The zero-order valence-electron chi connectivity index (χ0n) is 15.2. The first-order valence-electron chi connectivity index (χ1n) is 9.55. The fourth-order valence-electron chi connectivity index (χ4n) is 4.17. The summed E-state index contributed by atoms with van der Waals surface area (Å²) in [5.74, 6) is -0.235. The van der Waals surface area contributed by atoms with Crippen LogP contribution in [-0.4, -0.2) is 23.9 Å². The quantitative estimate of drug-likeness (QED) is 0.656. The first kappa shape index (κ1) is 17.5. The van der Waals surface area contributed by atoms with Gasteiger partial charge in [0.2, 0.25) is 0 Å². The summed E-state index contributed by atoms with van der Waals surface area (Å²) in [5, 5.41) is 14.3. The van der Waals surface area contributed by atoms with Crippen LogP contribution in [0.3, 0.4) is 0 Å². The Hall–Kier alpha value is -2.89. The van der Waals surface area contributed by atoms with Gasteiger partial charge in [-0.1, -0.05) is 24.3 Å². The monoisotopic (exact) mass is 365 g/mol. The Bertz CT molecular complexity index is 875. The van der Waals surface area contributed by atoms with Crippen LogP contribution >= 0.6 is 0 Å². The van der Waals surface area contributed by atoms with Crippen molar-refractivity contribution in [2.75, 3.05) is 18.0 Å². The van der Waals surface area contributed by atoms with E-state index in [1.165, 1.54) is 24.1 Å². The largest absolute Gasteiger partial charge is 0.371 e. The molecule has 140 valence electrons. The van der Waals surface area contributed by atoms with Gasteiger partial charge in [-0.3, -0.25) is 14.9 Å². The van der Waals surface area contributed by atoms with Gasteiger partial charge in [-0.25, -0.2) is 0 Å². The molecule has 1 atom stereocenters. The van der Waals surface area contributed by atoms with Crippen molar-refractivity contribution >= 4 is 17.3 Å². The molecule has 2 aliphatic rings. The second-order valence-electron chi connectivity index (χ2n) is 7.27. The molecule has 4 rings (SSSR count). The number of hydrogen-bond acceptors (Lipinski definition) is 4. The van der Waals surface area contributed by atoms with E-state index in [1.807, 2.05) is 18.2 Å². The van der Waals surface area contributed by atoms with E-state index in [4.69, 9.17) is 0 Å². The summed E-state index contributed by atoms with van der Waals surface area (Å²) < 4.78 is 0. The van der Waals surface area contributed by atoms with Crippen LogP contribution in [-0.2, 0) is 6.42 Å². The van der Waals surface area contributed by atoms with Gasteiger partial charge in [0.05, 0.1) is 22.2 Å². The molecule has 6 nitrogen and oxygen atoms in total. The van der Waals surface area contributed by atoms with E-state index in [1.54, 1.807) is 6.07 Å². The molecule has 0 spiro atoms. The number of amides is 1. The van der Waals surface area contributed by atoms with Crippen LogP contribution in [0.4, 0.5) is 11.4 Å². The highest BCUT2D eigenvalue weighted by molar-refractivity contribution is 6.00. The lowest BCUT2D eigenvalue weighted by atomic mass is 10.0. The number of hydrogen-bond donors (Lipinski definition) is 1. The van der Waals surface area contributed by atoms with Crippen molar-refractivity contribution in [1.82, 2.24) is 5.32 Å². The Morgan fingerprint density at radius 1 is 1.11 bits per heavy atom. The standard InChI is InChI=1S/C21H23N3O3/c25-21(22-19-10-8-15-6-2-3-7-17(15)19)18-14-16(24(26)27)9-11-20(18)23-12-4-1-5-13-23/h2-3,6-7,9,11,14,19H,1,4-5,8,10,12-13H2,(H,22,25). The Morgan fingerprint density at radius 2 is 1.89 bits per heavy atom. The van der Waals surface area contributed by atoms with Gasteiger partial charge in [0.15, 0.2) is 0 Å². The molecule has 2 aromatic rings. The summed E-state index contributed by atoms with van der Waals surface area (Å²) in [6.07, 6.45) is 5.14. The number of benzene rings is 2. The number of carbonyl (C=O) groups excluding carboxylic acids is 1. The molecule has 1 heterocycles. The van der Waals surface area contributed by atoms with Crippen molar-refractivity contribution in [3.8, 4) is 0 Å². The van der Waals surface area contributed by atoms with Gasteiger partial charge in [-0.15, -0.1) is 0 Å². The minimum Gasteiger partial charge on any atom is -0.371 e. The highest BCUT2D eigenvalue weighted by atomic mass is 16.6. The van der Waals surface area contributed by atoms with Crippen LogP contribution in [0.5, 0.6) is 0 Å². The third kappa shape index (κ3) is 3.52. The summed E-state index contributed by atoms with van der Waals surface area (Å²) >= 11 is 0. The van der Waals surface area contributed by atoms with Crippen molar-refractivity contribution < 1.29 is 9.72 Å². The number of fused-ring (bicyclic) bond motifs is 1. The van der Waals surface area contributed by atoms with Crippen LogP contribution in [0.2, 0.25) is 0 Å². The fraction of sp³-hybridized carbons (Fsp3) is 0.381. The minimum absolute atomic E-state index is 0.0397. The molecule has 1 aliphatic heterocycles. The predicted octanol–water partition coefficient (Wildman–Crippen LogP) is 4.00. The number of aryl methyl sites for hydroxylation is 1. The number of nitrogens with zero attached hydrogens (tertiary/aromatic N) is 2. The number of nitro groups is 1. The number of piperidine rings is 1. The predicted molar refractivity (Wildman–Crippen MR) is 104 cm³/mol. The van der Waals surface area contributed by atoms with E-state index < -0.39 is 4.92 Å². The van der Waals surface area contributed by atoms with Gasteiger partial charge in [0.1, 0.15) is 0 Å². The summed E-state index contributed by atoms with van der Waals surface area (Å²) in [6.45, 7) is 1.76. The van der Waals surface area contributed by atoms with Gasteiger partial charge in [0, 0.05) is 25.2 Å². The van der Waals surface area contributed by atoms with Crippen molar-refractivity contribution in [2.45, 2.75) is 38.1 Å².